The number of hydrogen-bond donors (Lipinski definition) is 1. The van der Waals surface area contributed by atoms with Crippen molar-refractivity contribution in [2.45, 2.75) is 13.1 Å². The van der Waals surface area contributed by atoms with Crippen LogP contribution >= 0.6 is 11.6 Å². The molecule has 1 aromatic carbocycles. The molecule has 1 N–H and O–H groups in total. The molecule has 0 unspecified atom stereocenters. The number of aromatic amines is 1. The van der Waals surface area contributed by atoms with Crippen LogP contribution in [0.2, 0.25) is 5.02 Å². The fourth-order valence-electron chi connectivity index (χ4n) is 1.88. The highest BCUT2D eigenvalue weighted by Crippen LogP contribution is 2.24. The minimum atomic E-state index is 0.723. The van der Waals surface area contributed by atoms with Crippen LogP contribution in [-0.4, -0.2) is 29.3 Å². The molecule has 0 saturated carbocycles. The number of aromatic nitrogens is 2. The number of nitrogens with one attached hydrogen (secondary N) is 1. The topological polar surface area (TPSA) is 41.1 Å². The molecule has 0 bridgehead atoms. The van der Waals surface area contributed by atoms with E-state index in [9.17, 15) is 0 Å². The van der Waals surface area contributed by atoms with Gasteiger partial charge in [0.1, 0.15) is 5.75 Å². The highest BCUT2D eigenvalue weighted by Gasteiger charge is 2.08. The van der Waals surface area contributed by atoms with Crippen molar-refractivity contribution < 1.29 is 4.74 Å². The number of halogens is 1. The predicted molar refractivity (Wildman–Crippen MR) is 71.8 cm³/mol. The van der Waals surface area contributed by atoms with Crippen LogP contribution in [0.25, 0.3) is 0 Å². The number of H-pyrrole nitrogens is 1. The quantitative estimate of drug-likeness (QED) is 0.904. The molecule has 0 aliphatic heterocycles. The van der Waals surface area contributed by atoms with Crippen LogP contribution < -0.4 is 4.74 Å². The Morgan fingerprint density at radius 1 is 1.33 bits per heavy atom. The molecule has 5 heteroatoms. The second-order valence-corrected chi connectivity index (χ2v) is 4.65. The van der Waals surface area contributed by atoms with Crippen molar-refractivity contribution in [3.8, 4) is 5.75 Å². The maximum absolute atomic E-state index is 6.01. The third-order valence-corrected chi connectivity index (χ3v) is 2.92. The van der Waals surface area contributed by atoms with E-state index in [0.29, 0.717) is 0 Å². The first-order chi connectivity index (χ1) is 8.69. The molecule has 0 spiro atoms. The van der Waals surface area contributed by atoms with Gasteiger partial charge in [0.25, 0.3) is 0 Å². The van der Waals surface area contributed by atoms with Crippen LogP contribution in [0.3, 0.4) is 0 Å². The van der Waals surface area contributed by atoms with Crippen LogP contribution in [-0.2, 0) is 13.1 Å². The molecule has 0 amide bonds. The molecule has 1 aromatic heterocycles. The normalized spacial score (nSPS) is 10.9. The molecule has 0 radical (unpaired) electrons. The molecule has 2 rings (SSSR count). The first-order valence-electron chi connectivity index (χ1n) is 5.68. The maximum atomic E-state index is 6.01. The Hall–Kier alpha value is -1.52. The number of methoxy groups -OCH3 is 1. The summed E-state index contributed by atoms with van der Waals surface area (Å²) in [6.45, 7) is 1.57. The van der Waals surface area contributed by atoms with Crippen LogP contribution in [0.15, 0.2) is 30.5 Å². The number of nitrogens with zero attached hydrogens (tertiary/aromatic N) is 2. The van der Waals surface area contributed by atoms with E-state index in [-0.39, 0.29) is 0 Å². The lowest BCUT2D eigenvalue weighted by Crippen LogP contribution is -2.18. The van der Waals surface area contributed by atoms with E-state index in [2.05, 4.69) is 15.1 Å². The molecule has 18 heavy (non-hydrogen) atoms. The van der Waals surface area contributed by atoms with Gasteiger partial charge in [0, 0.05) is 35.6 Å². The summed E-state index contributed by atoms with van der Waals surface area (Å²) < 4.78 is 5.33. The Labute approximate surface area is 112 Å². The van der Waals surface area contributed by atoms with Crippen LogP contribution in [0.1, 0.15) is 11.3 Å². The fraction of sp³-hybridized carbons (Fsp3) is 0.308. The summed E-state index contributed by atoms with van der Waals surface area (Å²) >= 11 is 6.01. The fourth-order valence-corrected chi connectivity index (χ4v) is 2.08. The number of ether oxygens (including phenoxy) is 1. The monoisotopic (exact) mass is 265 g/mol. The van der Waals surface area contributed by atoms with Crippen molar-refractivity contribution in [3.63, 3.8) is 0 Å². The van der Waals surface area contributed by atoms with Gasteiger partial charge in [0.15, 0.2) is 0 Å². The molecule has 2 aromatic rings. The standard InChI is InChI=1S/C13H16ClN3O/c1-17(9-12-5-6-15-16-12)8-10-7-11(14)3-4-13(10)18-2/h3-7H,8-9H2,1-2H3,(H,15,16). The molecule has 0 saturated heterocycles. The van der Waals surface area contributed by atoms with Crippen LogP contribution in [0.4, 0.5) is 0 Å². The van der Waals surface area contributed by atoms with Crippen LogP contribution in [0.5, 0.6) is 5.75 Å². The van der Waals surface area contributed by atoms with Gasteiger partial charge in [-0.25, -0.2) is 0 Å². The van der Waals surface area contributed by atoms with Gasteiger partial charge in [-0.2, -0.15) is 5.10 Å². The summed E-state index contributed by atoms with van der Waals surface area (Å²) in [6.07, 6.45) is 1.75. The molecule has 0 aliphatic rings. The van der Waals surface area contributed by atoms with Gasteiger partial charge in [-0.05, 0) is 31.3 Å². The van der Waals surface area contributed by atoms with Gasteiger partial charge in [0.2, 0.25) is 0 Å². The summed E-state index contributed by atoms with van der Waals surface area (Å²) in [7, 11) is 3.71. The van der Waals surface area contributed by atoms with Crippen LogP contribution in [0, 0.1) is 0 Å². The Bertz CT molecular complexity index is 499. The van der Waals surface area contributed by atoms with Gasteiger partial charge >= 0.3 is 0 Å². The second kappa shape index (κ2) is 5.89. The highest BCUT2D eigenvalue weighted by molar-refractivity contribution is 6.30. The van der Waals surface area contributed by atoms with E-state index >= 15 is 0 Å². The molecule has 0 aliphatic carbocycles. The van der Waals surface area contributed by atoms with E-state index in [4.69, 9.17) is 16.3 Å². The molecule has 0 fully saturated rings. The van der Waals surface area contributed by atoms with E-state index in [1.54, 1.807) is 13.3 Å². The van der Waals surface area contributed by atoms with Crippen molar-refractivity contribution >= 4 is 11.6 Å². The van der Waals surface area contributed by atoms with Gasteiger partial charge in [-0.15, -0.1) is 0 Å². The summed E-state index contributed by atoms with van der Waals surface area (Å²) in [4.78, 5) is 2.17. The molecular weight excluding hydrogens is 250 g/mol. The SMILES string of the molecule is COc1ccc(Cl)cc1CN(C)Cc1ccn[nH]1. The lowest BCUT2D eigenvalue weighted by Gasteiger charge is -2.17. The molecule has 96 valence electrons. The maximum Gasteiger partial charge on any atom is 0.123 e. The van der Waals surface area contributed by atoms with Crippen molar-refractivity contribution in [2.24, 2.45) is 0 Å². The van der Waals surface area contributed by atoms with Crippen molar-refractivity contribution in [2.75, 3.05) is 14.2 Å². The average molecular weight is 266 g/mol. The zero-order valence-corrected chi connectivity index (χ0v) is 11.2. The van der Waals surface area contributed by atoms with E-state index < -0.39 is 0 Å². The van der Waals surface area contributed by atoms with Gasteiger partial charge in [-0.3, -0.25) is 10.00 Å². The molecule has 0 atom stereocenters. The van der Waals surface area contributed by atoms with E-state index in [1.807, 2.05) is 31.3 Å². The average Bonchev–Trinajstić information content (AvgIpc) is 2.82. The van der Waals surface area contributed by atoms with Gasteiger partial charge < -0.3 is 4.74 Å². The third-order valence-electron chi connectivity index (χ3n) is 2.68. The zero-order chi connectivity index (χ0) is 13.0. The van der Waals surface area contributed by atoms with Crippen molar-refractivity contribution in [3.05, 3.63) is 46.7 Å². The van der Waals surface area contributed by atoms with Crippen molar-refractivity contribution in [1.29, 1.82) is 0 Å². The van der Waals surface area contributed by atoms with Gasteiger partial charge in [-0.1, -0.05) is 11.6 Å². The van der Waals surface area contributed by atoms with E-state index in [1.165, 1.54) is 0 Å². The minimum absolute atomic E-state index is 0.723. The van der Waals surface area contributed by atoms with Gasteiger partial charge in [0.05, 0.1) is 7.11 Å². The highest BCUT2D eigenvalue weighted by atomic mass is 35.5. The lowest BCUT2D eigenvalue weighted by molar-refractivity contribution is 0.306. The predicted octanol–water partition coefficient (Wildman–Crippen LogP) is 2.70. The van der Waals surface area contributed by atoms with Crippen molar-refractivity contribution in [1.82, 2.24) is 15.1 Å². The Kier molecular flexibility index (Phi) is 4.23. The minimum Gasteiger partial charge on any atom is -0.496 e. The second-order valence-electron chi connectivity index (χ2n) is 4.21. The molecule has 1 heterocycles. The smallest absolute Gasteiger partial charge is 0.123 e. The number of hydrogen-bond acceptors (Lipinski definition) is 3. The molecule has 4 nitrogen and oxygen atoms in total. The Balaban J connectivity index is 2.06. The molecular formula is C13H16ClN3O. The summed E-state index contributed by atoms with van der Waals surface area (Å²) in [5.74, 6) is 0.857. The lowest BCUT2D eigenvalue weighted by atomic mass is 10.2. The Morgan fingerprint density at radius 2 is 2.17 bits per heavy atom. The first kappa shape index (κ1) is 12.9. The summed E-state index contributed by atoms with van der Waals surface area (Å²) in [6, 6.07) is 7.62. The third kappa shape index (κ3) is 3.24. The van der Waals surface area contributed by atoms with E-state index in [0.717, 1.165) is 35.1 Å². The summed E-state index contributed by atoms with van der Waals surface area (Å²) in [5.41, 5.74) is 2.16. The largest absolute Gasteiger partial charge is 0.496 e. The first-order valence-corrected chi connectivity index (χ1v) is 6.06. The summed E-state index contributed by atoms with van der Waals surface area (Å²) in [5, 5.41) is 7.60. The Morgan fingerprint density at radius 3 is 2.83 bits per heavy atom. The number of benzene rings is 1. The zero-order valence-electron chi connectivity index (χ0n) is 10.5. The number of rotatable bonds is 5.